The van der Waals surface area contributed by atoms with Gasteiger partial charge in [-0.2, -0.15) is 4.99 Å². The lowest BCUT2D eigenvalue weighted by molar-refractivity contribution is -0.123. The number of ether oxygens (including phenoxy) is 1. The normalized spacial score (nSPS) is 16.9. The number of amidine groups is 1. The number of rotatable bonds is 5. The van der Waals surface area contributed by atoms with Crippen LogP contribution in [0.2, 0.25) is 0 Å². The average Bonchev–Trinajstić information content (AvgIpc) is 2.99. The first-order valence-electron chi connectivity index (χ1n) is 8.25. The Morgan fingerprint density at radius 1 is 1.42 bits per heavy atom. The fraction of sp³-hybridized carbons (Fsp3) is 0.368. The van der Waals surface area contributed by atoms with Crippen molar-refractivity contribution in [1.29, 1.82) is 0 Å². The summed E-state index contributed by atoms with van der Waals surface area (Å²) in [6, 6.07) is 10.5. The van der Waals surface area contributed by atoms with Crippen LogP contribution in [0.1, 0.15) is 38.2 Å². The van der Waals surface area contributed by atoms with Crippen molar-refractivity contribution in [3.8, 4) is 17.7 Å². The highest BCUT2D eigenvalue weighted by Gasteiger charge is 2.17. The molecule has 0 atom stereocenters. The topological polar surface area (TPSA) is 62.7 Å². The Hall–Kier alpha value is -2.74. The van der Waals surface area contributed by atoms with Gasteiger partial charge in [-0.1, -0.05) is 25.0 Å². The highest BCUT2D eigenvalue weighted by atomic mass is 16.5. The quantitative estimate of drug-likeness (QED) is 0.818. The molecule has 124 valence electrons. The number of aliphatic imine (C=N–C) groups is 1. The molecule has 1 aromatic carbocycles. The van der Waals surface area contributed by atoms with Gasteiger partial charge in [0.05, 0.1) is 0 Å². The molecule has 0 saturated heterocycles. The van der Waals surface area contributed by atoms with E-state index in [4.69, 9.17) is 4.74 Å². The number of nitrogens with zero attached hydrogens (tertiary/aromatic N) is 1. The molecule has 0 unspecified atom stereocenters. The van der Waals surface area contributed by atoms with E-state index in [-0.39, 0.29) is 12.5 Å². The number of benzene rings is 1. The molecule has 3 rings (SSSR count). The fourth-order valence-corrected chi connectivity index (χ4v) is 2.79. The number of nitrogens with one attached hydrogen (secondary N) is 2. The minimum Gasteiger partial charge on any atom is -0.484 e. The third kappa shape index (κ3) is 4.39. The molecule has 0 aromatic heterocycles. The van der Waals surface area contributed by atoms with Crippen LogP contribution in [0.25, 0.3) is 0 Å². The third-order valence-electron chi connectivity index (χ3n) is 4.04. The monoisotopic (exact) mass is 323 g/mol. The molecular formula is C19H21N3O2. The summed E-state index contributed by atoms with van der Waals surface area (Å²) in [4.78, 5) is 16.1. The van der Waals surface area contributed by atoms with Crippen molar-refractivity contribution in [1.82, 2.24) is 10.6 Å². The van der Waals surface area contributed by atoms with Crippen LogP contribution in [0.15, 0.2) is 41.0 Å². The van der Waals surface area contributed by atoms with E-state index < -0.39 is 0 Å². The largest absolute Gasteiger partial charge is 0.484 e. The summed E-state index contributed by atoms with van der Waals surface area (Å²) in [5.41, 5.74) is 1.79. The van der Waals surface area contributed by atoms with Crippen molar-refractivity contribution in [2.24, 2.45) is 4.99 Å². The van der Waals surface area contributed by atoms with Gasteiger partial charge in [-0.25, -0.2) is 0 Å². The zero-order chi connectivity index (χ0) is 16.8. The van der Waals surface area contributed by atoms with Crippen LogP contribution in [0.3, 0.4) is 0 Å². The second-order valence-corrected chi connectivity index (χ2v) is 6.03. The first kappa shape index (κ1) is 16.1. The number of carbonyl (C=O) groups is 1. The summed E-state index contributed by atoms with van der Waals surface area (Å²) in [5.74, 6) is 4.14. The van der Waals surface area contributed by atoms with E-state index in [2.05, 4.69) is 27.6 Å². The first-order chi connectivity index (χ1) is 11.7. The summed E-state index contributed by atoms with van der Waals surface area (Å²) in [6.45, 7) is 1.94. The summed E-state index contributed by atoms with van der Waals surface area (Å²) in [5, 5.41) is 6.13. The van der Waals surface area contributed by atoms with E-state index in [1.54, 1.807) is 0 Å². The Morgan fingerprint density at radius 3 is 3.08 bits per heavy atom. The minimum atomic E-state index is -0.0679. The zero-order valence-corrected chi connectivity index (χ0v) is 13.8. The molecule has 5 heteroatoms. The lowest BCUT2D eigenvalue weighted by Crippen LogP contribution is -2.36. The zero-order valence-electron chi connectivity index (χ0n) is 13.8. The van der Waals surface area contributed by atoms with Crippen LogP contribution in [0.4, 0.5) is 0 Å². The summed E-state index contributed by atoms with van der Waals surface area (Å²) >= 11 is 0. The minimum absolute atomic E-state index is 0.0265. The van der Waals surface area contributed by atoms with Gasteiger partial charge in [0.1, 0.15) is 11.6 Å². The molecule has 24 heavy (non-hydrogen) atoms. The smallest absolute Gasteiger partial charge is 0.258 e. The standard InChI is InChI=1S/C19H21N3O2/c1-14-9-10-20-19(21-12-14)15-5-4-8-17(11-15)24-13-18(23)22-16-6-2-3-7-16/h4-5,8,11-12,16H,2-3,6-7,13H2,1H3,(H,20,21)(H,22,23). The van der Waals surface area contributed by atoms with Gasteiger partial charge >= 0.3 is 0 Å². The van der Waals surface area contributed by atoms with E-state index in [0.29, 0.717) is 17.6 Å². The molecular weight excluding hydrogens is 302 g/mol. The van der Waals surface area contributed by atoms with Crippen LogP contribution in [-0.4, -0.2) is 24.4 Å². The maximum Gasteiger partial charge on any atom is 0.258 e. The van der Waals surface area contributed by atoms with Crippen LogP contribution in [-0.2, 0) is 4.79 Å². The van der Waals surface area contributed by atoms with Gasteiger partial charge in [-0.3, -0.25) is 4.79 Å². The molecule has 5 nitrogen and oxygen atoms in total. The maximum absolute atomic E-state index is 11.9. The summed E-state index contributed by atoms with van der Waals surface area (Å²) < 4.78 is 5.62. The van der Waals surface area contributed by atoms with Crippen molar-refractivity contribution in [2.45, 2.75) is 38.6 Å². The van der Waals surface area contributed by atoms with Crippen LogP contribution in [0.5, 0.6) is 5.75 Å². The Kier molecular flexibility index (Phi) is 5.17. The Balaban J connectivity index is 1.58. The van der Waals surface area contributed by atoms with E-state index in [1.165, 1.54) is 12.8 Å². The van der Waals surface area contributed by atoms with Gasteiger partial charge in [-0.05, 0) is 37.8 Å². The highest BCUT2D eigenvalue weighted by Crippen LogP contribution is 2.18. The fourth-order valence-electron chi connectivity index (χ4n) is 2.79. The van der Waals surface area contributed by atoms with Crippen molar-refractivity contribution in [2.75, 3.05) is 6.61 Å². The number of hydrogen-bond donors (Lipinski definition) is 2. The van der Waals surface area contributed by atoms with Crippen LogP contribution in [0, 0.1) is 12.0 Å². The highest BCUT2D eigenvalue weighted by molar-refractivity contribution is 6.00. The molecule has 0 bridgehead atoms. The van der Waals surface area contributed by atoms with Gasteiger partial charge in [0.2, 0.25) is 0 Å². The molecule has 1 amide bonds. The molecule has 1 fully saturated rings. The van der Waals surface area contributed by atoms with Gasteiger partial charge in [0.25, 0.3) is 5.91 Å². The van der Waals surface area contributed by atoms with E-state index in [0.717, 1.165) is 24.0 Å². The molecule has 1 aliphatic carbocycles. The van der Waals surface area contributed by atoms with Crippen molar-refractivity contribution >= 4 is 11.7 Å². The molecule has 0 spiro atoms. The van der Waals surface area contributed by atoms with Crippen molar-refractivity contribution in [3.63, 3.8) is 0 Å². The van der Waals surface area contributed by atoms with E-state index in [9.17, 15) is 4.79 Å². The molecule has 1 saturated carbocycles. The Bertz CT molecular complexity index is 734. The predicted molar refractivity (Wildman–Crippen MR) is 93.5 cm³/mol. The van der Waals surface area contributed by atoms with Crippen LogP contribution < -0.4 is 15.4 Å². The third-order valence-corrected chi connectivity index (χ3v) is 4.04. The predicted octanol–water partition coefficient (Wildman–Crippen LogP) is 2.34. The van der Waals surface area contributed by atoms with Crippen LogP contribution >= 0.6 is 0 Å². The molecule has 1 aliphatic heterocycles. The summed E-state index contributed by atoms with van der Waals surface area (Å²) in [7, 11) is 0. The number of allylic oxidation sites excluding steroid dienone is 1. The number of carbonyl (C=O) groups excluding carboxylic acids is 1. The number of hydrogen-bond acceptors (Lipinski definition) is 4. The van der Waals surface area contributed by atoms with E-state index in [1.807, 2.05) is 37.4 Å². The molecule has 1 heterocycles. The Morgan fingerprint density at radius 2 is 2.25 bits per heavy atom. The van der Waals surface area contributed by atoms with Crippen molar-refractivity contribution < 1.29 is 9.53 Å². The lowest BCUT2D eigenvalue weighted by atomic mass is 10.2. The number of amides is 1. The second-order valence-electron chi connectivity index (χ2n) is 6.03. The summed E-state index contributed by atoms with van der Waals surface area (Å²) in [6.07, 6.45) is 6.35. The average molecular weight is 323 g/mol. The molecule has 1 aromatic rings. The maximum atomic E-state index is 11.9. The lowest BCUT2D eigenvalue weighted by Gasteiger charge is -2.13. The molecule has 2 aliphatic rings. The van der Waals surface area contributed by atoms with Gasteiger partial charge in [0.15, 0.2) is 6.61 Å². The van der Waals surface area contributed by atoms with Gasteiger partial charge in [-0.15, -0.1) is 0 Å². The Labute approximate surface area is 142 Å². The molecule has 2 N–H and O–H groups in total. The van der Waals surface area contributed by atoms with E-state index >= 15 is 0 Å². The SMILES string of the molecule is CC1=CNC(c2cccc(OCC(=O)NC3CCCC3)c2)=NC#C1. The van der Waals surface area contributed by atoms with Gasteiger partial charge < -0.3 is 15.4 Å². The van der Waals surface area contributed by atoms with Gasteiger partial charge in [0, 0.05) is 29.4 Å². The molecule has 0 radical (unpaired) electrons. The van der Waals surface area contributed by atoms with Crippen molar-refractivity contribution in [3.05, 3.63) is 41.6 Å². The first-order valence-corrected chi connectivity index (χ1v) is 8.25. The second kappa shape index (κ2) is 7.69.